The molecule has 0 fully saturated rings. The predicted octanol–water partition coefficient (Wildman–Crippen LogP) is 10.7. The molecular formula is C39H25N3OS. The smallest absolute Gasteiger partial charge is 0.164 e. The van der Waals surface area contributed by atoms with Gasteiger partial charge < -0.3 is 4.74 Å². The van der Waals surface area contributed by atoms with Crippen molar-refractivity contribution in [2.75, 3.05) is 0 Å². The molecule has 4 nitrogen and oxygen atoms in total. The fourth-order valence-corrected chi connectivity index (χ4v) is 6.45. The summed E-state index contributed by atoms with van der Waals surface area (Å²) in [7, 11) is 0. The van der Waals surface area contributed by atoms with E-state index in [2.05, 4.69) is 54.6 Å². The van der Waals surface area contributed by atoms with Gasteiger partial charge in [0.05, 0.1) is 0 Å². The van der Waals surface area contributed by atoms with Crippen LogP contribution >= 0.6 is 11.3 Å². The minimum atomic E-state index is 0.615. The number of hydrogen-bond donors (Lipinski definition) is 0. The molecule has 5 heteroatoms. The van der Waals surface area contributed by atoms with Crippen LogP contribution in [-0.2, 0) is 0 Å². The summed E-state index contributed by atoms with van der Waals surface area (Å²) >= 11 is 1.84. The van der Waals surface area contributed by atoms with E-state index >= 15 is 0 Å². The highest BCUT2D eigenvalue weighted by atomic mass is 32.1. The molecule has 0 unspecified atom stereocenters. The Morgan fingerprint density at radius 3 is 1.41 bits per heavy atom. The summed E-state index contributed by atoms with van der Waals surface area (Å²) in [4.78, 5) is 14.4. The lowest BCUT2D eigenvalue weighted by molar-refractivity contribution is 0.483. The Labute approximate surface area is 258 Å². The van der Waals surface area contributed by atoms with E-state index < -0.39 is 0 Å². The first-order valence-corrected chi connectivity index (χ1v) is 15.3. The summed E-state index contributed by atoms with van der Waals surface area (Å²) in [6.45, 7) is 0. The second kappa shape index (κ2) is 11.2. The van der Waals surface area contributed by atoms with Gasteiger partial charge >= 0.3 is 0 Å². The quantitative estimate of drug-likeness (QED) is 0.195. The third-order valence-corrected chi connectivity index (χ3v) is 8.76. The van der Waals surface area contributed by atoms with Gasteiger partial charge in [-0.1, -0.05) is 97.1 Å². The van der Waals surface area contributed by atoms with Crippen LogP contribution < -0.4 is 4.74 Å². The molecule has 0 amide bonds. The average molecular weight is 584 g/mol. The molecule has 2 aromatic heterocycles. The maximum Gasteiger partial charge on any atom is 0.164 e. The van der Waals surface area contributed by atoms with E-state index in [4.69, 9.17) is 19.7 Å². The highest BCUT2D eigenvalue weighted by Crippen LogP contribution is 2.37. The van der Waals surface area contributed by atoms with Crippen LogP contribution in [0.1, 0.15) is 0 Å². The number of fused-ring (bicyclic) bond motifs is 3. The van der Waals surface area contributed by atoms with E-state index in [1.807, 2.05) is 108 Å². The maximum absolute atomic E-state index is 6.21. The topological polar surface area (TPSA) is 47.9 Å². The SMILES string of the molecule is c1ccc(-c2nc(-c3ccccc3)nc(-c3ccc(Oc4ccc(-c5ccc6sc7ccccc7c6c5)cc4)cc3)n2)cc1. The van der Waals surface area contributed by atoms with E-state index in [0.717, 1.165) is 33.8 Å². The first-order valence-electron chi connectivity index (χ1n) is 14.4. The standard InChI is InChI=1S/C39H25N3OS/c1-3-9-27(10-4-1)37-40-38(28-11-5-2-6-12-28)42-39(41-37)29-17-22-32(23-18-29)43-31-20-15-26(16-21-31)30-19-24-36-34(25-30)33-13-7-8-14-35(33)44-36/h1-25H. The molecule has 208 valence electrons. The van der Waals surface area contributed by atoms with Crippen molar-refractivity contribution >= 4 is 31.5 Å². The number of rotatable bonds is 6. The minimum absolute atomic E-state index is 0.615. The minimum Gasteiger partial charge on any atom is -0.457 e. The van der Waals surface area contributed by atoms with Gasteiger partial charge in [0.25, 0.3) is 0 Å². The van der Waals surface area contributed by atoms with Crippen LogP contribution in [0.15, 0.2) is 152 Å². The van der Waals surface area contributed by atoms with E-state index in [0.29, 0.717) is 17.5 Å². The van der Waals surface area contributed by atoms with Gasteiger partial charge in [-0.2, -0.15) is 0 Å². The summed E-state index contributed by atoms with van der Waals surface area (Å²) in [5.74, 6) is 3.42. The van der Waals surface area contributed by atoms with Crippen LogP contribution in [0.5, 0.6) is 11.5 Å². The summed E-state index contributed by atoms with van der Waals surface area (Å²) in [6.07, 6.45) is 0. The van der Waals surface area contributed by atoms with Crippen LogP contribution in [0.3, 0.4) is 0 Å². The molecule has 0 bridgehead atoms. The molecule has 0 aliphatic carbocycles. The number of aromatic nitrogens is 3. The third-order valence-electron chi connectivity index (χ3n) is 7.61. The van der Waals surface area contributed by atoms with Crippen LogP contribution in [0, 0.1) is 0 Å². The molecule has 44 heavy (non-hydrogen) atoms. The van der Waals surface area contributed by atoms with Gasteiger partial charge in [-0.15, -0.1) is 11.3 Å². The Bertz CT molecular complexity index is 2170. The number of nitrogens with zero attached hydrogens (tertiary/aromatic N) is 3. The molecule has 0 saturated heterocycles. The Morgan fingerprint density at radius 2 is 0.818 bits per heavy atom. The summed E-state index contributed by atoms with van der Waals surface area (Å²) < 4.78 is 8.84. The average Bonchev–Trinajstić information content (AvgIpc) is 3.48. The van der Waals surface area contributed by atoms with Crippen molar-refractivity contribution in [2.45, 2.75) is 0 Å². The first-order chi connectivity index (χ1) is 21.8. The van der Waals surface area contributed by atoms with Crippen molar-refractivity contribution in [3.05, 3.63) is 152 Å². The normalized spacial score (nSPS) is 11.2. The highest BCUT2D eigenvalue weighted by molar-refractivity contribution is 7.25. The molecule has 6 aromatic carbocycles. The molecule has 8 rings (SSSR count). The molecule has 8 aromatic rings. The van der Waals surface area contributed by atoms with Gasteiger partial charge in [0.1, 0.15) is 11.5 Å². The van der Waals surface area contributed by atoms with Crippen molar-refractivity contribution in [3.63, 3.8) is 0 Å². The Morgan fingerprint density at radius 1 is 0.364 bits per heavy atom. The van der Waals surface area contributed by atoms with E-state index in [-0.39, 0.29) is 0 Å². The van der Waals surface area contributed by atoms with Crippen LogP contribution in [0.2, 0.25) is 0 Å². The van der Waals surface area contributed by atoms with Crippen molar-refractivity contribution in [1.29, 1.82) is 0 Å². The molecular weight excluding hydrogens is 559 g/mol. The number of hydrogen-bond acceptors (Lipinski definition) is 5. The molecule has 0 spiro atoms. The highest BCUT2D eigenvalue weighted by Gasteiger charge is 2.12. The Kier molecular flexibility index (Phi) is 6.63. The zero-order valence-corrected chi connectivity index (χ0v) is 24.4. The van der Waals surface area contributed by atoms with Gasteiger partial charge in [0, 0.05) is 36.9 Å². The van der Waals surface area contributed by atoms with Gasteiger partial charge in [0.15, 0.2) is 17.5 Å². The molecule has 0 saturated carbocycles. The summed E-state index contributed by atoms with van der Waals surface area (Å²) in [5, 5.41) is 2.61. The molecule has 0 radical (unpaired) electrons. The van der Waals surface area contributed by atoms with Crippen LogP contribution in [0.25, 0.3) is 65.5 Å². The lowest BCUT2D eigenvalue weighted by Crippen LogP contribution is -2.00. The zero-order chi connectivity index (χ0) is 29.3. The van der Waals surface area contributed by atoms with Gasteiger partial charge in [-0.25, -0.2) is 15.0 Å². The largest absolute Gasteiger partial charge is 0.457 e. The van der Waals surface area contributed by atoms with Crippen LogP contribution in [0.4, 0.5) is 0 Å². The molecule has 0 N–H and O–H groups in total. The zero-order valence-electron chi connectivity index (χ0n) is 23.6. The molecule has 0 aliphatic heterocycles. The molecule has 0 aliphatic rings. The first kappa shape index (κ1) is 26.0. The van der Waals surface area contributed by atoms with Crippen molar-refractivity contribution in [3.8, 4) is 56.8 Å². The predicted molar refractivity (Wildman–Crippen MR) is 181 cm³/mol. The fourth-order valence-electron chi connectivity index (χ4n) is 5.37. The van der Waals surface area contributed by atoms with Crippen molar-refractivity contribution < 1.29 is 4.74 Å². The second-order valence-corrected chi connectivity index (χ2v) is 11.6. The van der Waals surface area contributed by atoms with Crippen molar-refractivity contribution in [1.82, 2.24) is 15.0 Å². The van der Waals surface area contributed by atoms with Gasteiger partial charge in [-0.05, 0) is 65.7 Å². The van der Waals surface area contributed by atoms with Gasteiger partial charge in [0.2, 0.25) is 0 Å². The van der Waals surface area contributed by atoms with Gasteiger partial charge in [-0.3, -0.25) is 0 Å². The lowest BCUT2D eigenvalue weighted by Gasteiger charge is -2.10. The monoisotopic (exact) mass is 583 g/mol. The molecule has 0 atom stereocenters. The lowest BCUT2D eigenvalue weighted by atomic mass is 10.0. The summed E-state index contributed by atoms with van der Waals surface area (Å²) in [5.41, 5.74) is 5.13. The number of thiophene rings is 1. The van der Waals surface area contributed by atoms with E-state index in [9.17, 15) is 0 Å². The Balaban J connectivity index is 1.05. The fraction of sp³-hybridized carbons (Fsp3) is 0. The van der Waals surface area contributed by atoms with Crippen LogP contribution in [-0.4, -0.2) is 15.0 Å². The maximum atomic E-state index is 6.21. The van der Waals surface area contributed by atoms with E-state index in [1.165, 1.54) is 25.7 Å². The number of benzene rings is 6. The van der Waals surface area contributed by atoms with E-state index in [1.54, 1.807) is 0 Å². The second-order valence-electron chi connectivity index (χ2n) is 10.5. The summed E-state index contributed by atoms with van der Waals surface area (Å²) in [6, 6.07) is 51.4. The third kappa shape index (κ3) is 5.10. The number of ether oxygens (including phenoxy) is 1. The Hall–Kier alpha value is -5.65. The van der Waals surface area contributed by atoms with Crippen molar-refractivity contribution in [2.24, 2.45) is 0 Å². The molecule has 2 heterocycles.